The van der Waals surface area contributed by atoms with Gasteiger partial charge >= 0.3 is 0 Å². The predicted molar refractivity (Wildman–Crippen MR) is 101 cm³/mol. The summed E-state index contributed by atoms with van der Waals surface area (Å²) in [5.74, 6) is 0.499. The summed E-state index contributed by atoms with van der Waals surface area (Å²) in [6, 6.07) is 14.8. The molecule has 1 saturated heterocycles. The largest absolute Gasteiger partial charge is 0.497 e. The van der Waals surface area contributed by atoms with Crippen molar-refractivity contribution >= 4 is 17.5 Å². The van der Waals surface area contributed by atoms with Crippen molar-refractivity contribution in [2.45, 2.75) is 19.8 Å². The highest BCUT2D eigenvalue weighted by Crippen LogP contribution is 2.22. The molecule has 1 aliphatic rings. The Morgan fingerprint density at radius 2 is 1.77 bits per heavy atom. The third kappa shape index (κ3) is 4.23. The second-order valence-corrected chi connectivity index (χ2v) is 6.67. The first-order valence-corrected chi connectivity index (χ1v) is 8.87. The summed E-state index contributed by atoms with van der Waals surface area (Å²) in [4.78, 5) is 27.1. The fourth-order valence-electron chi connectivity index (χ4n) is 3.17. The number of nitrogens with one attached hydrogen (secondary N) is 1. The molecule has 1 aliphatic heterocycles. The molecule has 0 aliphatic carbocycles. The maximum absolute atomic E-state index is 12.7. The van der Waals surface area contributed by atoms with Crippen molar-refractivity contribution in [3.63, 3.8) is 0 Å². The number of likely N-dealkylation sites (tertiary alicyclic amines) is 1. The van der Waals surface area contributed by atoms with Gasteiger partial charge in [-0.2, -0.15) is 0 Å². The minimum absolute atomic E-state index is 0.00746. The van der Waals surface area contributed by atoms with Gasteiger partial charge in [0.2, 0.25) is 5.91 Å². The highest BCUT2D eigenvalue weighted by Gasteiger charge is 2.29. The van der Waals surface area contributed by atoms with Crippen molar-refractivity contribution in [2.24, 2.45) is 5.92 Å². The number of carbonyl (C=O) groups excluding carboxylic acids is 2. The summed E-state index contributed by atoms with van der Waals surface area (Å²) in [5, 5.41) is 2.94. The molecule has 2 aromatic rings. The molecule has 136 valence electrons. The number of hydrogen-bond acceptors (Lipinski definition) is 3. The van der Waals surface area contributed by atoms with Crippen LogP contribution < -0.4 is 10.1 Å². The van der Waals surface area contributed by atoms with Crippen LogP contribution in [0.3, 0.4) is 0 Å². The van der Waals surface area contributed by atoms with Crippen molar-refractivity contribution < 1.29 is 14.3 Å². The van der Waals surface area contributed by atoms with Gasteiger partial charge in [-0.1, -0.05) is 17.7 Å². The van der Waals surface area contributed by atoms with E-state index in [1.807, 2.05) is 55.5 Å². The average molecular weight is 352 g/mol. The van der Waals surface area contributed by atoms with Crippen LogP contribution in [0.2, 0.25) is 0 Å². The fraction of sp³-hybridized carbons (Fsp3) is 0.333. The second kappa shape index (κ2) is 8.04. The molecule has 0 spiro atoms. The van der Waals surface area contributed by atoms with Crippen molar-refractivity contribution in [3.05, 3.63) is 59.7 Å². The van der Waals surface area contributed by atoms with Gasteiger partial charge in [0.15, 0.2) is 0 Å². The zero-order valence-corrected chi connectivity index (χ0v) is 15.2. The number of hydrogen-bond donors (Lipinski definition) is 1. The van der Waals surface area contributed by atoms with Gasteiger partial charge < -0.3 is 15.0 Å². The standard InChI is InChI=1S/C21H24N2O3/c1-15-5-7-16(8-6-15)21(25)23-13-3-4-17(14-23)20(24)22-18-9-11-19(26-2)12-10-18/h5-12,17H,3-4,13-14H2,1-2H3,(H,22,24). The van der Waals surface area contributed by atoms with Gasteiger partial charge in [-0.25, -0.2) is 0 Å². The van der Waals surface area contributed by atoms with Gasteiger partial charge in [0.1, 0.15) is 5.75 Å². The van der Waals surface area contributed by atoms with Gasteiger partial charge in [-0.3, -0.25) is 9.59 Å². The number of amides is 2. The maximum atomic E-state index is 12.7. The summed E-state index contributed by atoms with van der Waals surface area (Å²) in [5.41, 5.74) is 2.53. The van der Waals surface area contributed by atoms with Crippen LogP contribution in [0.25, 0.3) is 0 Å². The Morgan fingerprint density at radius 3 is 2.42 bits per heavy atom. The first kappa shape index (κ1) is 18.0. The molecule has 0 bridgehead atoms. The van der Waals surface area contributed by atoms with Crippen LogP contribution in [0, 0.1) is 12.8 Å². The van der Waals surface area contributed by atoms with E-state index in [4.69, 9.17) is 4.74 Å². The molecule has 0 radical (unpaired) electrons. The monoisotopic (exact) mass is 352 g/mol. The molecule has 26 heavy (non-hydrogen) atoms. The predicted octanol–water partition coefficient (Wildman–Crippen LogP) is 3.49. The number of nitrogens with zero attached hydrogens (tertiary/aromatic N) is 1. The Bertz CT molecular complexity index is 769. The highest BCUT2D eigenvalue weighted by molar-refractivity contribution is 5.96. The minimum atomic E-state index is -0.194. The molecule has 0 aromatic heterocycles. The van der Waals surface area contributed by atoms with Crippen LogP contribution in [0.15, 0.2) is 48.5 Å². The smallest absolute Gasteiger partial charge is 0.253 e. The first-order valence-electron chi connectivity index (χ1n) is 8.87. The topological polar surface area (TPSA) is 58.6 Å². The van der Waals surface area contributed by atoms with E-state index >= 15 is 0 Å². The lowest BCUT2D eigenvalue weighted by molar-refractivity contribution is -0.121. The Kier molecular flexibility index (Phi) is 5.56. The Balaban J connectivity index is 1.62. The molecular weight excluding hydrogens is 328 g/mol. The number of piperidine rings is 1. The van der Waals surface area contributed by atoms with E-state index in [0.29, 0.717) is 18.7 Å². The molecule has 1 heterocycles. The Labute approximate surface area is 154 Å². The van der Waals surface area contributed by atoms with Gasteiger partial charge in [0.05, 0.1) is 13.0 Å². The summed E-state index contributed by atoms with van der Waals surface area (Å²) >= 11 is 0. The molecule has 1 atom stereocenters. The van der Waals surface area contributed by atoms with Crippen LogP contribution >= 0.6 is 0 Å². The van der Waals surface area contributed by atoms with E-state index in [0.717, 1.165) is 29.8 Å². The number of methoxy groups -OCH3 is 1. The van der Waals surface area contributed by atoms with E-state index in [-0.39, 0.29) is 17.7 Å². The Morgan fingerprint density at radius 1 is 1.08 bits per heavy atom. The molecule has 3 rings (SSSR count). The highest BCUT2D eigenvalue weighted by atomic mass is 16.5. The van der Waals surface area contributed by atoms with E-state index < -0.39 is 0 Å². The van der Waals surface area contributed by atoms with Crippen LogP contribution in [0.1, 0.15) is 28.8 Å². The molecule has 1 fully saturated rings. The maximum Gasteiger partial charge on any atom is 0.253 e. The lowest BCUT2D eigenvalue weighted by atomic mass is 9.96. The van der Waals surface area contributed by atoms with Gasteiger partial charge in [-0.05, 0) is 56.2 Å². The van der Waals surface area contributed by atoms with Crippen LogP contribution in [0.5, 0.6) is 5.75 Å². The number of rotatable bonds is 4. The van der Waals surface area contributed by atoms with E-state index in [1.54, 1.807) is 12.0 Å². The number of anilines is 1. The Hall–Kier alpha value is -2.82. The SMILES string of the molecule is COc1ccc(NC(=O)C2CCCN(C(=O)c3ccc(C)cc3)C2)cc1. The fourth-order valence-corrected chi connectivity index (χ4v) is 3.17. The molecule has 5 nitrogen and oxygen atoms in total. The van der Waals surface area contributed by atoms with Crippen molar-refractivity contribution in [1.82, 2.24) is 4.90 Å². The number of ether oxygens (including phenoxy) is 1. The summed E-state index contributed by atoms with van der Waals surface area (Å²) in [7, 11) is 1.61. The number of aryl methyl sites for hydroxylation is 1. The third-order valence-corrected chi connectivity index (χ3v) is 4.74. The summed E-state index contributed by atoms with van der Waals surface area (Å²) < 4.78 is 5.12. The van der Waals surface area contributed by atoms with Gasteiger partial charge in [0.25, 0.3) is 5.91 Å². The lowest BCUT2D eigenvalue weighted by Crippen LogP contribution is -2.43. The van der Waals surface area contributed by atoms with E-state index in [1.165, 1.54) is 0 Å². The van der Waals surface area contributed by atoms with Crippen molar-refractivity contribution in [3.8, 4) is 5.75 Å². The normalized spacial score (nSPS) is 16.8. The van der Waals surface area contributed by atoms with Gasteiger partial charge in [-0.15, -0.1) is 0 Å². The quantitative estimate of drug-likeness (QED) is 0.916. The molecule has 5 heteroatoms. The zero-order valence-electron chi connectivity index (χ0n) is 15.2. The van der Waals surface area contributed by atoms with Crippen LogP contribution in [-0.2, 0) is 4.79 Å². The molecule has 2 amide bonds. The van der Waals surface area contributed by atoms with Crippen LogP contribution in [-0.4, -0.2) is 36.9 Å². The average Bonchev–Trinajstić information content (AvgIpc) is 2.68. The first-order chi connectivity index (χ1) is 12.6. The third-order valence-electron chi connectivity index (χ3n) is 4.74. The molecule has 1 unspecified atom stereocenters. The van der Waals surface area contributed by atoms with Crippen molar-refractivity contribution in [1.29, 1.82) is 0 Å². The van der Waals surface area contributed by atoms with E-state index in [9.17, 15) is 9.59 Å². The molecule has 2 aromatic carbocycles. The molecule has 1 N–H and O–H groups in total. The van der Waals surface area contributed by atoms with Crippen molar-refractivity contribution in [2.75, 3.05) is 25.5 Å². The van der Waals surface area contributed by atoms with Crippen LogP contribution in [0.4, 0.5) is 5.69 Å². The lowest BCUT2D eigenvalue weighted by Gasteiger charge is -2.32. The number of carbonyl (C=O) groups is 2. The van der Waals surface area contributed by atoms with E-state index in [2.05, 4.69) is 5.32 Å². The van der Waals surface area contributed by atoms with Gasteiger partial charge in [0, 0.05) is 24.3 Å². The summed E-state index contributed by atoms with van der Waals surface area (Å²) in [6.45, 7) is 3.14. The molecule has 0 saturated carbocycles. The second-order valence-electron chi connectivity index (χ2n) is 6.67. The molecular formula is C21H24N2O3. The zero-order chi connectivity index (χ0) is 18.5. The number of benzene rings is 2. The summed E-state index contributed by atoms with van der Waals surface area (Å²) in [6.07, 6.45) is 1.62. The minimum Gasteiger partial charge on any atom is -0.497 e.